The van der Waals surface area contributed by atoms with Crippen molar-refractivity contribution in [1.29, 1.82) is 0 Å². The number of thioether (sulfide) groups is 1. The summed E-state index contributed by atoms with van der Waals surface area (Å²) in [5, 5.41) is 20.6. The summed E-state index contributed by atoms with van der Waals surface area (Å²) in [6, 6.07) is 13.6. The molecule has 1 N–H and O–H groups in total. The lowest BCUT2D eigenvalue weighted by Gasteiger charge is -2.07. The molecule has 6 heteroatoms. The molecule has 0 radical (unpaired) electrons. The van der Waals surface area contributed by atoms with E-state index in [1.807, 2.05) is 49.4 Å². The molecule has 0 fully saturated rings. The molecular weight excluding hydrogens is 310 g/mol. The smallest absolute Gasteiger partial charge is 0.213 e. The number of aromatic amines is 1. The van der Waals surface area contributed by atoms with Crippen molar-refractivity contribution >= 4 is 34.6 Å². The van der Waals surface area contributed by atoms with Crippen molar-refractivity contribution in [2.24, 2.45) is 0 Å². The molecule has 1 heterocycles. The van der Waals surface area contributed by atoms with Crippen molar-refractivity contribution in [3.05, 3.63) is 58.8 Å². The number of rotatable bonds is 5. The van der Waals surface area contributed by atoms with Gasteiger partial charge in [0.1, 0.15) is 5.82 Å². The molecule has 0 spiro atoms. The van der Waals surface area contributed by atoms with Gasteiger partial charge in [0, 0.05) is 11.3 Å². The molecule has 0 aliphatic carbocycles. The molecule has 0 unspecified atom stereocenters. The minimum atomic E-state index is -1.24. The molecule has 23 heavy (non-hydrogen) atoms. The highest BCUT2D eigenvalue weighted by Crippen LogP contribution is 2.27. The highest BCUT2D eigenvalue weighted by molar-refractivity contribution is 8.04. The summed E-state index contributed by atoms with van der Waals surface area (Å²) in [4.78, 5) is 15.7. The van der Waals surface area contributed by atoms with Gasteiger partial charge in [-0.2, -0.15) is 0 Å². The number of carbonyl (C=O) groups is 1. The lowest BCUT2D eigenvalue weighted by Crippen LogP contribution is -2.23. The lowest BCUT2D eigenvalue weighted by atomic mass is 10.0. The Kier molecular flexibility index (Phi) is 4.43. The zero-order valence-corrected chi connectivity index (χ0v) is 13.3. The van der Waals surface area contributed by atoms with Gasteiger partial charge in [0.25, 0.3) is 0 Å². The number of nitrogens with zero attached hydrogens (tertiary/aromatic N) is 2. The summed E-state index contributed by atoms with van der Waals surface area (Å²) in [7, 11) is 0. The van der Waals surface area contributed by atoms with E-state index in [0.29, 0.717) is 11.6 Å². The molecule has 1 aromatic heterocycles. The molecule has 0 atom stereocenters. The monoisotopic (exact) mass is 324 g/mol. The molecule has 116 valence electrons. The highest BCUT2D eigenvalue weighted by Gasteiger charge is 2.09. The Balaban J connectivity index is 1.99. The molecule has 0 saturated carbocycles. The number of carboxylic acid groups (broad SMARTS) is 1. The van der Waals surface area contributed by atoms with E-state index in [4.69, 9.17) is 0 Å². The number of hydrogen-bond donors (Lipinski definition) is 1. The van der Waals surface area contributed by atoms with E-state index in [2.05, 4.69) is 15.2 Å². The van der Waals surface area contributed by atoms with Crippen molar-refractivity contribution < 1.29 is 9.90 Å². The van der Waals surface area contributed by atoms with Gasteiger partial charge in [-0.15, -0.1) is 5.10 Å². The second kappa shape index (κ2) is 6.66. The summed E-state index contributed by atoms with van der Waals surface area (Å²) < 4.78 is 0. The third-order valence-electron chi connectivity index (χ3n) is 3.36. The minimum Gasteiger partial charge on any atom is -0.544 e. The van der Waals surface area contributed by atoms with E-state index in [1.54, 1.807) is 6.08 Å². The Morgan fingerprint density at radius 2 is 2.04 bits per heavy atom. The first-order valence-electron chi connectivity index (χ1n) is 7.17. The lowest BCUT2D eigenvalue weighted by molar-refractivity contribution is -0.297. The number of H-pyrrole nitrogens is 1. The number of carboxylic acids is 1. The summed E-state index contributed by atoms with van der Waals surface area (Å²) in [6.45, 7) is 1.95. The van der Waals surface area contributed by atoms with E-state index >= 15 is 0 Å². The van der Waals surface area contributed by atoms with Crippen molar-refractivity contribution in [3.8, 4) is 0 Å². The average Bonchev–Trinajstić information content (AvgIpc) is 3.02. The zero-order chi connectivity index (χ0) is 16.2. The van der Waals surface area contributed by atoms with Crippen molar-refractivity contribution in [1.82, 2.24) is 15.2 Å². The maximum Gasteiger partial charge on any atom is 0.213 e. The van der Waals surface area contributed by atoms with Crippen LogP contribution in [0.4, 0.5) is 0 Å². The van der Waals surface area contributed by atoms with Gasteiger partial charge in [0.15, 0.2) is 0 Å². The van der Waals surface area contributed by atoms with Gasteiger partial charge in [0.05, 0.1) is 5.97 Å². The molecule has 3 rings (SSSR count). The van der Waals surface area contributed by atoms with E-state index in [9.17, 15) is 9.90 Å². The van der Waals surface area contributed by atoms with Crippen LogP contribution in [0.5, 0.6) is 0 Å². The zero-order valence-electron chi connectivity index (χ0n) is 12.4. The quantitative estimate of drug-likeness (QED) is 0.576. The van der Waals surface area contributed by atoms with E-state index in [1.165, 1.54) is 0 Å². The van der Waals surface area contributed by atoms with Crippen LogP contribution in [-0.2, 0) is 11.2 Å². The maximum atomic E-state index is 11.5. The SMILES string of the molecule is CCc1nc(S/C(=C\c2cccc3ccccc23)C(=O)[O-])n[nH]1. The maximum absolute atomic E-state index is 11.5. The van der Waals surface area contributed by atoms with Crippen molar-refractivity contribution in [3.63, 3.8) is 0 Å². The fraction of sp³-hybridized carbons (Fsp3) is 0.118. The third kappa shape index (κ3) is 3.43. The molecule has 0 bridgehead atoms. The Bertz CT molecular complexity index is 881. The molecule has 5 nitrogen and oxygen atoms in total. The van der Waals surface area contributed by atoms with Crippen LogP contribution in [0.15, 0.2) is 52.5 Å². The normalized spacial score (nSPS) is 11.8. The average molecular weight is 324 g/mol. The summed E-state index contributed by atoms with van der Waals surface area (Å²) >= 11 is 0.982. The fourth-order valence-electron chi connectivity index (χ4n) is 2.23. The number of hydrogen-bond acceptors (Lipinski definition) is 5. The molecular formula is C17H14N3O2S-. The van der Waals surface area contributed by atoms with Crippen molar-refractivity contribution in [2.45, 2.75) is 18.5 Å². The van der Waals surface area contributed by atoms with Gasteiger partial charge in [-0.1, -0.05) is 49.4 Å². The first kappa shape index (κ1) is 15.3. The number of benzene rings is 2. The van der Waals surface area contributed by atoms with E-state index in [0.717, 1.165) is 33.9 Å². The number of aromatic nitrogens is 3. The third-order valence-corrected chi connectivity index (χ3v) is 4.23. The Morgan fingerprint density at radius 1 is 1.26 bits per heavy atom. The Hall–Kier alpha value is -2.60. The van der Waals surface area contributed by atoms with E-state index < -0.39 is 5.97 Å². The van der Waals surface area contributed by atoms with Crippen LogP contribution in [0, 0.1) is 0 Å². The number of fused-ring (bicyclic) bond motifs is 1. The van der Waals surface area contributed by atoms with Gasteiger partial charge < -0.3 is 9.90 Å². The number of nitrogens with one attached hydrogen (secondary N) is 1. The molecule has 0 aliphatic heterocycles. The Morgan fingerprint density at radius 3 is 2.78 bits per heavy atom. The second-order valence-electron chi connectivity index (χ2n) is 4.88. The summed E-state index contributed by atoms with van der Waals surface area (Å²) in [5.74, 6) is -0.527. The predicted molar refractivity (Wildman–Crippen MR) is 88.5 cm³/mol. The van der Waals surface area contributed by atoms with Gasteiger partial charge in [-0.05, 0) is 34.2 Å². The molecule has 2 aromatic carbocycles. The minimum absolute atomic E-state index is 0.0722. The molecule has 0 saturated heterocycles. The largest absolute Gasteiger partial charge is 0.544 e. The predicted octanol–water partition coefficient (Wildman–Crippen LogP) is 2.40. The van der Waals surface area contributed by atoms with Crippen LogP contribution in [0.3, 0.4) is 0 Å². The first-order valence-corrected chi connectivity index (χ1v) is 7.99. The molecule has 3 aromatic rings. The number of aryl methyl sites for hydroxylation is 1. The Labute approximate surface area is 137 Å². The van der Waals surface area contributed by atoms with Crippen LogP contribution in [0.1, 0.15) is 18.3 Å². The van der Waals surface area contributed by atoms with Gasteiger partial charge >= 0.3 is 0 Å². The summed E-state index contributed by atoms with van der Waals surface area (Å²) in [5.41, 5.74) is 0.820. The van der Waals surface area contributed by atoms with Crippen LogP contribution < -0.4 is 5.11 Å². The highest BCUT2D eigenvalue weighted by atomic mass is 32.2. The fourth-order valence-corrected chi connectivity index (χ4v) is 2.94. The standard InChI is InChI=1S/C17H15N3O2S/c1-2-15-18-17(20-19-15)23-14(16(21)22)10-12-8-5-7-11-6-3-4-9-13(11)12/h3-10H,2H2,1H3,(H,21,22)(H,18,19,20)/p-1/b14-10-. The van der Waals surface area contributed by atoms with Crippen LogP contribution in [-0.4, -0.2) is 21.2 Å². The van der Waals surface area contributed by atoms with Gasteiger partial charge in [0.2, 0.25) is 5.16 Å². The first-order chi connectivity index (χ1) is 11.2. The second-order valence-corrected chi connectivity index (χ2v) is 5.89. The van der Waals surface area contributed by atoms with Gasteiger partial charge in [-0.3, -0.25) is 5.10 Å². The molecule has 0 amide bonds. The van der Waals surface area contributed by atoms with Crippen LogP contribution in [0.25, 0.3) is 16.8 Å². The number of carbonyl (C=O) groups excluding carboxylic acids is 1. The van der Waals surface area contributed by atoms with Crippen LogP contribution >= 0.6 is 11.8 Å². The molecule has 0 aliphatic rings. The van der Waals surface area contributed by atoms with E-state index in [-0.39, 0.29) is 4.91 Å². The topological polar surface area (TPSA) is 81.7 Å². The summed E-state index contributed by atoms with van der Waals surface area (Å²) in [6.07, 6.45) is 2.31. The van der Waals surface area contributed by atoms with Gasteiger partial charge in [-0.25, -0.2) is 4.98 Å². The number of aliphatic carboxylic acids is 1. The van der Waals surface area contributed by atoms with Crippen molar-refractivity contribution in [2.75, 3.05) is 0 Å². The van der Waals surface area contributed by atoms with Crippen LogP contribution in [0.2, 0.25) is 0 Å².